The van der Waals surface area contributed by atoms with Crippen molar-refractivity contribution < 1.29 is 9.72 Å². The average molecular weight is 313 g/mol. The summed E-state index contributed by atoms with van der Waals surface area (Å²) < 4.78 is 0. The summed E-state index contributed by atoms with van der Waals surface area (Å²) in [4.78, 5) is 21.9. The maximum Gasteiger partial charge on any atom is 0.315 e. The number of aryl methyl sites for hydroxylation is 1. The largest absolute Gasteiger partial charge is 0.338 e. The van der Waals surface area contributed by atoms with E-state index in [9.17, 15) is 14.9 Å². The molecule has 0 aromatic heterocycles. The molecule has 0 bridgehead atoms. The first-order chi connectivity index (χ1) is 11.1. The van der Waals surface area contributed by atoms with Gasteiger partial charge in [-0.3, -0.25) is 10.1 Å². The molecule has 0 aliphatic heterocycles. The molecule has 2 aromatic rings. The summed E-state index contributed by atoms with van der Waals surface area (Å²) in [5.41, 5.74) is 1.96. The summed E-state index contributed by atoms with van der Waals surface area (Å²) in [6, 6.07) is 16.0. The van der Waals surface area contributed by atoms with Crippen LogP contribution < -0.4 is 10.6 Å². The summed E-state index contributed by atoms with van der Waals surface area (Å²) in [6.45, 7) is 0.835. The second-order valence-corrected chi connectivity index (χ2v) is 5.13. The minimum Gasteiger partial charge on any atom is -0.338 e. The SMILES string of the molecule is O=C(NCCCc1ccccc1)NCc1cccc([N+](=O)[O-])c1. The van der Waals surface area contributed by atoms with Crippen molar-refractivity contribution in [2.75, 3.05) is 6.54 Å². The lowest BCUT2D eigenvalue weighted by Crippen LogP contribution is -2.35. The van der Waals surface area contributed by atoms with Gasteiger partial charge < -0.3 is 10.6 Å². The number of carbonyl (C=O) groups is 1. The number of nitrogens with one attached hydrogen (secondary N) is 2. The number of carbonyl (C=O) groups excluding carboxylic acids is 1. The fourth-order valence-corrected chi connectivity index (χ4v) is 2.16. The van der Waals surface area contributed by atoms with Crippen molar-refractivity contribution in [1.29, 1.82) is 0 Å². The van der Waals surface area contributed by atoms with E-state index in [0.29, 0.717) is 12.1 Å². The van der Waals surface area contributed by atoms with Gasteiger partial charge in [0.15, 0.2) is 0 Å². The second-order valence-electron chi connectivity index (χ2n) is 5.13. The molecule has 2 rings (SSSR count). The standard InChI is InChI=1S/C17H19N3O3/c21-17(18-11-5-9-14-6-2-1-3-7-14)19-13-15-8-4-10-16(12-15)20(22)23/h1-4,6-8,10,12H,5,9,11,13H2,(H2,18,19,21). The van der Waals surface area contributed by atoms with Crippen LogP contribution in [0, 0.1) is 10.1 Å². The van der Waals surface area contributed by atoms with Crippen molar-refractivity contribution in [3.05, 3.63) is 75.8 Å². The van der Waals surface area contributed by atoms with Gasteiger partial charge in [-0.05, 0) is 24.0 Å². The van der Waals surface area contributed by atoms with E-state index in [-0.39, 0.29) is 18.3 Å². The first kappa shape index (κ1) is 16.5. The summed E-state index contributed by atoms with van der Waals surface area (Å²) in [7, 11) is 0. The van der Waals surface area contributed by atoms with E-state index in [1.54, 1.807) is 12.1 Å². The number of nitro groups is 1. The summed E-state index contributed by atoms with van der Waals surface area (Å²) in [6.07, 6.45) is 1.76. The van der Waals surface area contributed by atoms with E-state index in [1.165, 1.54) is 17.7 Å². The maximum absolute atomic E-state index is 11.7. The number of nitrogens with zero attached hydrogens (tertiary/aromatic N) is 1. The number of hydrogen-bond donors (Lipinski definition) is 2. The lowest BCUT2D eigenvalue weighted by molar-refractivity contribution is -0.384. The number of benzene rings is 2. The van der Waals surface area contributed by atoms with Gasteiger partial charge >= 0.3 is 6.03 Å². The fraction of sp³-hybridized carbons (Fsp3) is 0.235. The van der Waals surface area contributed by atoms with E-state index in [4.69, 9.17) is 0 Å². The fourth-order valence-electron chi connectivity index (χ4n) is 2.16. The number of amides is 2. The van der Waals surface area contributed by atoms with Crippen LogP contribution in [0.3, 0.4) is 0 Å². The molecule has 6 nitrogen and oxygen atoms in total. The summed E-state index contributed by atoms with van der Waals surface area (Å²) in [5.74, 6) is 0. The third-order valence-corrected chi connectivity index (χ3v) is 3.35. The third-order valence-electron chi connectivity index (χ3n) is 3.35. The normalized spacial score (nSPS) is 10.1. The highest BCUT2D eigenvalue weighted by atomic mass is 16.6. The molecule has 2 amide bonds. The van der Waals surface area contributed by atoms with Gasteiger partial charge in [0.1, 0.15) is 0 Å². The van der Waals surface area contributed by atoms with Crippen molar-refractivity contribution in [3.63, 3.8) is 0 Å². The zero-order chi connectivity index (χ0) is 16.5. The number of rotatable bonds is 7. The van der Waals surface area contributed by atoms with Crippen LogP contribution in [0.4, 0.5) is 10.5 Å². The van der Waals surface area contributed by atoms with Crippen LogP contribution in [0.25, 0.3) is 0 Å². The Labute approximate surface area is 134 Å². The van der Waals surface area contributed by atoms with Crippen molar-refractivity contribution in [1.82, 2.24) is 10.6 Å². The van der Waals surface area contributed by atoms with E-state index in [0.717, 1.165) is 12.8 Å². The molecular weight excluding hydrogens is 294 g/mol. The van der Waals surface area contributed by atoms with Gasteiger partial charge in [-0.15, -0.1) is 0 Å². The Balaban J connectivity index is 1.67. The summed E-state index contributed by atoms with van der Waals surface area (Å²) in [5, 5.41) is 16.2. The van der Waals surface area contributed by atoms with Gasteiger partial charge in [0.2, 0.25) is 0 Å². The van der Waals surface area contributed by atoms with Gasteiger partial charge in [-0.1, -0.05) is 42.5 Å². The number of hydrogen-bond acceptors (Lipinski definition) is 3. The van der Waals surface area contributed by atoms with E-state index in [2.05, 4.69) is 22.8 Å². The Morgan fingerprint density at radius 3 is 2.48 bits per heavy atom. The Morgan fingerprint density at radius 2 is 1.74 bits per heavy atom. The van der Waals surface area contributed by atoms with Gasteiger partial charge in [0, 0.05) is 25.2 Å². The molecule has 2 N–H and O–H groups in total. The minimum absolute atomic E-state index is 0.0209. The van der Waals surface area contributed by atoms with Crippen LogP contribution in [-0.4, -0.2) is 17.5 Å². The van der Waals surface area contributed by atoms with Gasteiger partial charge in [-0.25, -0.2) is 4.79 Å². The molecule has 2 aromatic carbocycles. The first-order valence-corrected chi connectivity index (χ1v) is 7.44. The first-order valence-electron chi connectivity index (χ1n) is 7.44. The molecule has 0 fully saturated rings. The molecule has 0 radical (unpaired) electrons. The molecule has 0 unspecified atom stereocenters. The van der Waals surface area contributed by atoms with Crippen LogP contribution in [0.2, 0.25) is 0 Å². The molecule has 120 valence electrons. The van der Waals surface area contributed by atoms with Crippen molar-refractivity contribution in [2.24, 2.45) is 0 Å². The molecule has 0 aliphatic carbocycles. The number of urea groups is 1. The van der Waals surface area contributed by atoms with Crippen LogP contribution in [-0.2, 0) is 13.0 Å². The zero-order valence-electron chi connectivity index (χ0n) is 12.7. The highest BCUT2D eigenvalue weighted by Gasteiger charge is 2.06. The van der Waals surface area contributed by atoms with E-state index < -0.39 is 4.92 Å². The van der Waals surface area contributed by atoms with Crippen LogP contribution in [0.5, 0.6) is 0 Å². The number of nitro benzene ring substituents is 1. The molecule has 0 saturated heterocycles. The van der Waals surface area contributed by atoms with Crippen molar-refractivity contribution in [3.8, 4) is 0 Å². The molecular formula is C17H19N3O3. The highest BCUT2D eigenvalue weighted by Crippen LogP contribution is 2.12. The zero-order valence-corrected chi connectivity index (χ0v) is 12.7. The lowest BCUT2D eigenvalue weighted by Gasteiger charge is -2.08. The predicted molar refractivity (Wildman–Crippen MR) is 88.1 cm³/mol. The van der Waals surface area contributed by atoms with Crippen LogP contribution in [0.1, 0.15) is 17.5 Å². The Morgan fingerprint density at radius 1 is 1.00 bits per heavy atom. The van der Waals surface area contributed by atoms with Crippen molar-refractivity contribution in [2.45, 2.75) is 19.4 Å². The number of non-ortho nitro benzene ring substituents is 1. The summed E-state index contributed by atoms with van der Waals surface area (Å²) >= 11 is 0. The van der Waals surface area contributed by atoms with E-state index in [1.807, 2.05) is 18.2 Å². The predicted octanol–water partition coefficient (Wildman–Crippen LogP) is 3.03. The topological polar surface area (TPSA) is 84.3 Å². The molecule has 0 spiro atoms. The van der Waals surface area contributed by atoms with Gasteiger partial charge in [0.25, 0.3) is 5.69 Å². The van der Waals surface area contributed by atoms with Gasteiger partial charge in [-0.2, -0.15) is 0 Å². The van der Waals surface area contributed by atoms with E-state index >= 15 is 0 Å². The Kier molecular flexibility index (Phi) is 6.11. The smallest absolute Gasteiger partial charge is 0.315 e. The van der Waals surface area contributed by atoms with Crippen molar-refractivity contribution >= 4 is 11.7 Å². The molecule has 6 heteroatoms. The van der Waals surface area contributed by atoms with Crippen LogP contribution in [0.15, 0.2) is 54.6 Å². The molecule has 0 atom stereocenters. The monoisotopic (exact) mass is 313 g/mol. The molecule has 23 heavy (non-hydrogen) atoms. The lowest BCUT2D eigenvalue weighted by atomic mass is 10.1. The third kappa shape index (κ3) is 5.78. The molecule has 0 saturated carbocycles. The van der Waals surface area contributed by atoms with Gasteiger partial charge in [0.05, 0.1) is 4.92 Å². The average Bonchev–Trinajstić information content (AvgIpc) is 2.58. The maximum atomic E-state index is 11.7. The quantitative estimate of drug-likeness (QED) is 0.468. The molecule has 0 heterocycles. The minimum atomic E-state index is -0.451. The molecule has 0 aliphatic rings. The Hall–Kier alpha value is -2.89. The Bertz CT molecular complexity index is 659. The second kappa shape index (κ2) is 8.53. The highest BCUT2D eigenvalue weighted by molar-refractivity contribution is 5.73. The van der Waals surface area contributed by atoms with Crippen LogP contribution >= 0.6 is 0 Å².